The van der Waals surface area contributed by atoms with Crippen LogP contribution in [0.2, 0.25) is 0 Å². The van der Waals surface area contributed by atoms with Crippen LogP contribution >= 0.6 is 0 Å². The zero-order valence-corrected chi connectivity index (χ0v) is 17.4. The third-order valence-electron chi connectivity index (χ3n) is 6.61. The Hall–Kier alpha value is -2.15. The summed E-state index contributed by atoms with van der Waals surface area (Å²) in [6.45, 7) is 8.72. The number of hydrogen-bond acceptors (Lipinski definition) is 0. The number of pyridine rings is 1. The van der Waals surface area contributed by atoms with Crippen molar-refractivity contribution >= 4 is 10.8 Å². The van der Waals surface area contributed by atoms with Gasteiger partial charge in [-0.2, -0.15) is 4.57 Å². The largest absolute Gasteiger partial charge is 0.220 e. The van der Waals surface area contributed by atoms with E-state index < -0.39 is 0 Å². The summed E-state index contributed by atoms with van der Waals surface area (Å²) in [5.41, 5.74) is 9.10. The van der Waals surface area contributed by atoms with Crippen LogP contribution in [0.1, 0.15) is 67.3 Å². The summed E-state index contributed by atoms with van der Waals surface area (Å²) in [4.78, 5) is 0. The molecule has 0 unspecified atom stereocenters. The number of rotatable bonds is 2. The first-order valence-corrected chi connectivity index (χ1v) is 10.4. The topological polar surface area (TPSA) is 3.88 Å². The molecular formula is C26H32N+. The smallest absolute Gasteiger partial charge is 0.198 e. The monoisotopic (exact) mass is 359 g/mol. The SMILES string of the molecule is [2H]c1c(C)[n+](C)c(-c2cc(C3CCCCC3)cc(C)c2C)c2cc(C)ccc12. The van der Waals surface area contributed by atoms with Crippen molar-refractivity contribution in [2.24, 2.45) is 7.05 Å². The van der Waals surface area contributed by atoms with Crippen LogP contribution in [-0.4, -0.2) is 0 Å². The third kappa shape index (κ3) is 3.29. The Labute approximate surface area is 165 Å². The number of aryl methyl sites for hydroxylation is 2. The van der Waals surface area contributed by atoms with Gasteiger partial charge in [-0.05, 0) is 73.7 Å². The van der Waals surface area contributed by atoms with E-state index in [0.717, 1.165) is 11.1 Å². The molecule has 1 saturated carbocycles. The molecule has 1 fully saturated rings. The van der Waals surface area contributed by atoms with Crippen LogP contribution in [0.5, 0.6) is 0 Å². The number of nitrogens with zero attached hydrogens (tertiary/aromatic N) is 1. The van der Waals surface area contributed by atoms with Gasteiger partial charge in [0.1, 0.15) is 7.05 Å². The van der Waals surface area contributed by atoms with Crippen LogP contribution in [0.15, 0.2) is 36.4 Å². The second-order valence-electron chi connectivity index (χ2n) is 8.51. The van der Waals surface area contributed by atoms with E-state index in [2.05, 4.69) is 69.6 Å². The van der Waals surface area contributed by atoms with E-state index in [9.17, 15) is 0 Å². The van der Waals surface area contributed by atoms with Crippen LogP contribution in [0, 0.1) is 27.7 Å². The van der Waals surface area contributed by atoms with Crippen LogP contribution < -0.4 is 4.57 Å². The van der Waals surface area contributed by atoms with Gasteiger partial charge in [0.25, 0.3) is 0 Å². The van der Waals surface area contributed by atoms with Crippen LogP contribution in [-0.2, 0) is 7.05 Å². The molecule has 0 atom stereocenters. The standard InChI is InChI=1S/C26H32N/c1-17-11-12-22-15-19(3)27(5)26(25(22)13-17)24-16-23(14-18(2)20(24)4)21-9-7-6-8-10-21/h11-16,21H,6-10H2,1-5H3/q+1/i15D. The van der Waals surface area contributed by atoms with Gasteiger partial charge in [-0.15, -0.1) is 0 Å². The van der Waals surface area contributed by atoms with E-state index in [0.29, 0.717) is 12.0 Å². The Kier molecular flexibility index (Phi) is 4.47. The Morgan fingerprint density at radius 1 is 0.963 bits per heavy atom. The molecule has 1 heteroatoms. The molecule has 4 rings (SSSR count). The highest BCUT2D eigenvalue weighted by Gasteiger charge is 2.23. The van der Waals surface area contributed by atoms with Crippen LogP contribution in [0.3, 0.4) is 0 Å². The minimum Gasteiger partial charge on any atom is -0.198 e. The molecule has 0 radical (unpaired) electrons. The fourth-order valence-corrected chi connectivity index (χ4v) is 4.72. The van der Waals surface area contributed by atoms with Crippen molar-refractivity contribution in [1.82, 2.24) is 0 Å². The van der Waals surface area contributed by atoms with Gasteiger partial charge in [0, 0.05) is 13.0 Å². The Balaban J connectivity index is 2.02. The summed E-state index contributed by atoms with van der Waals surface area (Å²) in [5, 5.41) is 2.25. The van der Waals surface area contributed by atoms with Gasteiger partial charge in [0.2, 0.25) is 5.69 Å². The van der Waals surface area contributed by atoms with Crippen LogP contribution in [0.25, 0.3) is 22.0 Å². The fourth-order valence-electron chi connectivity index (χ4n) is 4.72. The summed E-state index contributed by atoms with van der Waals surface area (Å²) >= 11 is 0. The molecule has 27 heavy (non-hydrogen) atoms. The summed E-state index contributed by atoms with van der Waals surface area (Å²) in [5.74, 6) is 0.696. The summed E-state index contributed by atoms with van der Waals surface area (Å²) in [6, 6.07) is 12.0. The minimum atomic E-state index is 0.638. The van der Waals surface area contributed by atoms with Gasteiger partial charge in [-0.1, -0.05) is 43.0 Å². The summed E-state index contributed by atoms with van der Waals surface area (Å²) < 4.78 is 10.9. The molecule has 0 spiro atoms. The quantitative estimate of drug-likeness (QED) is 0.453. The number of aromatic nitrogens is 1. The predicted molar refractivity (Wildman–Crippen MR) is 115 cm³/mol. The molecule has 0 amide bonds. The van der Waals surface area contributed by atoms with Crippen molar-refractivity contribution in [2.75, 3.05) is 0 Å². The molecule has 0 aliphatic heterocycles. The van der Waals surface area contributed by atoms with Crippen molar-refractivity contribution in [3.05, 3.63) is 64.3 Å². The van der Waals surface area contributed by atoms with Gasteiger partial charge >= 0.3 is 0 Å². The molecule has 2 aromatic carbocycles. The number of fused-ring (bicyclic) bond motifs is 1. The molecule has 0 N–H and O–H groups in total. The molecule has 1 heterocycles. The minimum absolute atomic E-state index is 0.638. The number of benzene rings is 2. The highest BCUT2D eigenvalue weighted by atomic mass is 14.9. The maximum atomic E-state index is 8.64. The van der Waals surface area contributed by atoms with Gasteiger partial charge < -0.3 is 0 Å². The lowest BCUT2D eigenvalue weighted by atomic mass is 9.81. The zero-order chi connectivity index (χ0) is 20.0. The van der Waals surface area contributed by atoms with E-state index in [1.807, 2.05) is 0 Å². The molecule has 1 aliphatic carbocycles. The van der Waals surface area contributed by atoms with Crippen molar-refractivity contribution in [2.45, 2.75) is 65.7 Å². The first kappa shape index (κ1) is 17.0. The zero-order valence-electron chi connectivity index (χ0n) is 18.4. The van der Waals surface area contributed by atoms with Crippen molar-refractivity contribution in [1.29, 1.82) is 0 Å². The summed E-state index contributed by atoms with van der Waals surface area (Å²) in [6.07, 6.45) is 6.74. The predicted octanol–water partition coefficient (Wildman–Crippen LogP) is 6.61. The highest BCUT2D eigenvalue weighted by molar-refractivity contribution is 5.94. The molecule has 1 aliphatic rings. The van der Waals surface area contributed by atoms with E-state index in [1.54, 1.807) is 0 Å². The molecule has 0 saturated heterocycles. The van der Waals surface area contributed by atoms with E-state index in [4.69, 9.17) is 1.37 Å². The maximum absolute atomic E-state index is 8.64. The van der Waals surface area contributed by atoms with Crippen molar-refractivity contribution < 1.29 is 5.94 Å². The summed E-state index contributed by atoms with van der Waals surface area (Å²) in [7, 11) is 2.12. The molecular weight excluding hydrogens is 326 g/mol. The number of hydrogen-bond donors (Lipinski definition) is 0. The lowest BCUT2D eigenvalue weighted by molar-refractivity contribution is -0.665. The van der Waals surface area contributed by atoms with Gasteiger partial charge in [-0.25, -0.2) is 0 Å². The lowest BCUT2D eigenvalue weighted by Gasteiger charge is -2.24. The lowest BCUT2D eigenvalue weighted by Crippen LogP contribution is -2.35. The van der Waals surface area contributed by atoms with E-state index in [1.165, 1.54) is 71.0 Å². The second-order valence-corrected chi connectivity index (χ2v) is 8.51. The molecule has 1 aromatic heterocycles. The Morgan fingerprint density at radius 2 is 1.70 bits per heavy atom. The third-order valence-corrected chi connectivity index (χ3v) is 6.61. The Morgan fingerprint density at radius 3 is 2.44 bits per heavy atom. The molecule has 3 aromatic rings. The fraction of sp³-hybridized carbons (Fsp3) is 0.423. The van der Waals surface area contributed by atoms with Gasteiger partial charge in [-0.3, -0.25) is 0 Å². The first-order valence-electron chi connectivity index (χ1n) is 10.9. The van der Waals surface area contributed by atoms with Crippen molar-refractivity contribution in [3.63, 3.8) is 0 Å². The van der Waals surface area contributed by atoms with E-state index in [-0.39, 0.29) is 0 Å². The molecule has 140 valence electrons. The molecule has 0 bridgehead atoms. The van der Waals surface area contributed by atoms with Gasteiger partial charge in [0.15, 0.2) is 5.69 Å². The van der Waals surface area contributed by atoms with Crippen LogP contribution in [0.4, 0.5) is 0 Å². The van der Waals surface area contributed by atoms with E-state index >= 15 is 0 Å². The first-order chi connectivity index (χ1) is 13.4. The average molecular weight is 360 g/mol. The van der Waals surface area contributed by atoms with Gasteiger partial charge in [0.05, 0.1) is 12.3 Å². The second kappa shape index (κ2) is 7.11. The normalized spacial score (nSPS) is 16.0. The molecule has 1 nitrogen and oxygen atoms in total. The maximum Gasteiger partial charge on any atom is 0.220 e. The van der Waals surface area contributed by atoms with Crippen molar-refractivity contribution in [3.8, 4) is 11.3 Å². The average Bonchev–Trinajstić information content (AvgIpc) is 2.70. The highest BCUT2D eigenvalue weighted by Crippen LogP contribution is 2.37. The Bertz CT molecular complexity index is 1060.